The van der Waals surface area contributed by atoms with Crippen molar-refractivity contribution < 1.29 is 19.1 Å². The summed E-state index contributed by atoms with van der Waals surface area (Å²) in [4.78, 5) is 47.7. The lowest BCUT2D eigenvalue weighted by atomic mass is 9.96. The molecule has 2 aliphatic heterocycles. The van der Waals surface area contributed by atoms with E-state index < -0.39 is 11.8 Å². The normalized spacial score (nSPS) is 18.4. The summed E-state index contributed by atoms with van der Waals surface area (Å²) < 4.78 is 6.30. The molecule has 1 aromatic heterocycles. The van der Waals surface area contributed by atoms with Crippen molar-refractivity contribution in [3.8, 4) is 0 Å². The number of benzene rings is 2. The molecule has 0 bridgehead atoms. The van der Waals surface area contributed by atoms with Gasteiger partial charge in [-0.25, -0.2) is 0 Å². The number of likely N-dealkylation sites (tertiary alicyclic amines) is 1. The van der Waals surface area contributed by atoms with Crippen molar-refractivity contribution in [3.63, 3.8) is 0 Å². The van der Waals surface area contributed by atoms with Crippen LogP contribution in [0.15, 0.2) is 79.1 Å². The number of piperidine rings is 1. The van der Waals surface area contributed by atoms with Crippen LogP contribution in [0.2, 0.25) is 0 Å². The molecule has 1 spiro atoms. The van der Waals surface area contributed by atoms with Crippen LogP contribution in [0.3, 0.4) is 0 Å². The fourth-order valence-electron chi connectivity index (χ4n) is 5.28. The van der Waals surface area contributed by atoms with Crippen LogP contribution in [0.1, 0.15) is 39.9 Å². The number of aromatic nitrogens is 1. The smallest absolute Gasteiger partial charge is 0.256 e. The molecule has 0 radical (unpaired) electrons. The fraction of sp³-hybridized carbons (Fsp3) is 0.333. The van der Waals surface area contributed by atoms with Crippen molar-refractivity contribution in [2.75, 3.05) is 19.7 Å². The van der Waals surface area contributed by atoms with Crippen LogP contribution in [0.25, 0.3) is 0 Å². The molecule has 1 N–H and O–H groups in total. The largest absolute Gasteiger partial charge is 0.353 e. The van der Waals surface area contributed by atoms with Crippen molar-refractivity contribution in [2.45, 2.75) is 44.5 Å². The minimum Gasteiger partial charge on any atom is -0.353 e. The number of carbonyl (C=O) groups is 3. The summed E-state index contributed by atoms with van der Waals surface area (Å²) in [5.41, 5.74) is 2.43. The molecule has 2 saturated heterocycles. The lowest BCUT2D eigenvalue weighted by Gasteiger charge is -2.44. The lowest BCUT2D eigenvalue weighted by Crippen LogP contribution is -2.59. The van der Waals surface area contributed by atoms with Crippen molar-refractivity contribution in [1.82, 2.24) is 20.1 Å². The first-order valence-corrected chi connectivity index (χ1v) is 13.0. The van der Waals surface area contributed by atoms with E-state index in [1.807, 2.05) is 72.5 Å². The molecule has 3 amide bonds. The van der Waals surface area contributed by atoms with Gasteiger partial charge in [-0.2, -0.15) is 0 Å². The van der Waals surface area contributed by atoms with E-state index in [1.165, 1.54) is 0 Å². The van der Waals surface area contributed by atoms with Gasteiger partial charge in [0.25, 0.3) is 5.91 Å². The Bertz CT molecular complexity index is 1290. The third kappa shape index (κ3) is 5.45. The van der Waals surface area contributed by atoms with Crippen LogP contribution in [-0.2, 0) is 27.3 Å². The van der Waals surface area contributed by atoms with Gasteiger partial charge in [-0.05, 0) is 42.3 Å². The van der Waals surface area contributed by atoms with E-state index in [1.54, 1.807) is 23.4 Å². The summed E-state index contributed by atoms with van der Waals surface area (Å²) in [6.45, 7) is 3.28. The van der Waals surface area contributed by atoms with Gasteiger partial charge in [0.05, 0.1) is 13.0 Å². The third-order valence-electron chi connectivity index (χ3n) is 7.36. The maximum absolute atomic E-state index is 13.9. The Morgan fingerprint density at radius 3 is 2.42 bits per heavy atom. The third-order valence-corrected chi connectivity index (χ3v) is 7.36. The number of ether oxygens (including phenoxy) is 1. The van der Waals surface area contributed by atoms with E-state index in [4.69, 9.17) is 4.74 Å². The molecule has 3 aromatic rings. The standard InChI is InChI=1S/C30H32N4O4/c1-22-6-5-9-25(18-22)29(37)34-26(28(36)32-20-24-10-14-31-15-11-24)21-38-30(34)12-16-33(17-13-30)27(35)19-23-7-3-2-4-8-23/h2-11,14-15,18,26H,12-13,16-17,19-21H2,1H3,(H,32,36)/t26-/m0/s1. The van der Waals surface area contributed by atoms with Gasteiger partial charge in [-0.1, -0.05) is 48.0 Å². The van der Waals surface area contributed by atoms with E-state index in [-0.39, 0.29) is 24.3 Å². The predicted octanol–water partition coefficient (Wildman–Crippen LogP) is 3.11. The number of nitrogens with one attached hydrogen (secondary N) is 1. The van der Waals surface area contributed by atoms with Gasteiger partial charge < -0.3 is 15.0 Å². The molecule has 2 aliphatic rings. The molecule has 0 unspecified atom stereocenters. The molecule has 0 aliphatic carbocycles. The number of carbonyl (C=O) groups excluding carboxylic acids is 3. The average Bonchev–Trinajstić information content (AvgIpc) is 3.31. The fourth-order valence-corrected chi connectivity index (χ4v) is 5.28. The van der Waals surface area contributed by atoms with E-state index in [2.05, 4.69) is 10.3 Å². The predicted molar refractivity (Wildman–Crippen MR) is 142 cm³/mol. The number of amides is 3. The van der Waals surface area contributed by atoms with Crippen molar-refractivity contribution in [3.05, 3.63) is 101 Å². The Morgan fingerprint density at radius 1 is 0.974 bits per heavy atom. The van der Waals surface area contributed by atoms with Crippen molar-refractivity contribution in [2.24, 2.45) is 0 Å². The van der Waals surface area contributed by atoms with Gasteiger partial charge in [0, 0.05) is 50.4 Å². The van der Waals surface area contributed by atoms with E-state index in [9.17, 15) is 14.4 Å². The Kier molecular flexibility index (Phi) is 7.51. The Labute approximate surface area is 222 Å². The van der Waals surface area contributed by atoms with Gasteiger partial charge >= 0.3 is 0 Å². The van der Waals surface area contributed by atoms with Gasteiger partial charge in [0.15, 0.2) is 0 Å². The molecule has 2 fully saturated rings. The van der Waals surface area contributed by atoms with Gasteiger partial charge in [-0.3, -0.25) is 24.3 Å². The van der Waals surface area contributed by atoms with E-state index in [0.717, 1.165) is 16.7 Å². The number of hydrogen-bond acceptors (Lipinski definition) is 5. The monoisotopic (exact) mass is 512 g/mol. The second-order valence-electron chi connectivity index (χ2n) is 9.93. The molecule has 3 heterocycles. The Balaban J connectivity index is 1.33. The number of nitrogens with zero attached hydrogens (tertiary/aromatic N) is 3. The molecule has 2 aromatic carbocycles. The van der Waals surface area contributed by atoms with Crippen LogP contribution >= 0.6 is 0 Å². The zero-order valence-corrected chi connectivity index (χ0v) is 21.5. The number of pyridine rings is 1. The van der Waals surface area contributed by atoms with E-state index >= 15 is 0 Å². The van der Waals surface area contributed by atoms with E-state index in [0.29, 0.717) is 44.5 Å². The van der Waals surface area contributed by atoms with Crippen molar-refractivity contribution >= 4 is 17.7 Å². The SMILES string of the molecule is Cc1cccc(C(=O)N2[C@H](C(=O)NCc3ccncc3)COC23CCN(C(=O)Cc2ccccc2)CC3)c1. The molecular formula is C30H32N4O4. The van der Waals surface area contributed by atoms with Crippen LogP contribution in [0.4, 0.5) is 0 Å². The first kappa shape index (κ1) is 25.6. The highest BCUT2D eigenvalue weighted by atomic mass is 16.5. The number of rotatable bonds is 6. The quantitative estimate of drug-likeness (QED) is 0.548. The first-order valence-electron chi connectivity index (χ1n) is 13.0. The summed E-state index contributed by atoms with van der Waals surface area (Å²) in [5.74, 6) is -0.450. The second kappa shape index (κ2) is 11.1. The Morgan fingerprint density at radius 2 is 1.71 bits per heavy atom. The van der Waals surface area contributed by atoms with Crippen molar-refractivity contribution in [1.29, 1.82) is 0 Å². The zero-order chi connectivity index (χ0) is 26.5. The summed E-state index contributed by atoms with van der Waals surface area (Å²) in [6, 6.07) is 20.0. The molecule has 8 nitrogen and oxygen atoms in total. The maximum atomic E-state index is 13.9. The van der Waals surface area contributed by atoms with Gasteiger partial charge in [-0.15, -0.1) is 0 Å². The van der Waals surface area contributed by atoms with Crippen LogP contribution in [0, 0.1) is 6.92 Å². The minimum absolute atomic E-state index is 0.0484. The lowest BCUT2D eigenvalue weighted by molar-refractivity contribution is -0.143. The highest BCUT2D eigenvalue weighted by Gasteiger charge is 2.54. The van der Waals surface area contributed by atoms with Gasteiger partial charge in [0.2, 0.25) is 11.8 Å². The molecule has 38 heavy (non-hydrogen) atoms. The minimum atomic E-state index is -0.941. The highest BCUT2D eigenvalue weighted by molar-refractivity contribution is 5.98. The molecular weight excluding hydrogens is 480 g/mol. The number of hydrogen-bond donors (Lipinski definition) is 1. The molecule has 196 valence electrons. The van der Waals surface area contributed by atoms with Crippen LogP contribution in [-0.4, -0.2) is 64.0 Å². The average molecular weight is 513 g/mol. The summed E-state index contributed by atoms with van der Waals surface area (Å²) in [5, 5.41) is 2.96. The van der Waals surface area contributed by atoms with Crippen LogP contribution < -0.4 is 5.32 Å². The molecule has 1 atom stereocenters. The zero-order valence-electron chi connectivity index (χ0n) is 21.5. The molecule has 5 rings (SSSR count). The van der Waals surface area contributed by atoms with Gasteiger partial charge in [0.1, 0.15) is 11.8 Å². The summed E-state index contributed by atoms with van der Waals surface area (Å²) >= 11 is 0. The maximum Gasteiger partial charge on any atom is 0.256 e. The summed E-state index contributed by atoms with van der Waals surface area (Å²) in [7, 11) is 0. The first-order chi connectivity index (χ1) is 18.4. The second-order valence-corrected chi connectivity index (χ2v) is 9.93. The number of aryl methyl sites for hydroxylation is 1. The molecule has 0 saturated carbocycles. The highest BCUT2D eigenvalue weighted by Crippen LogP contribution is 2.38. The van der Waals surface area contributed by atoms with Crippen LogP contribution in [0.5, 0.6) is 0 Å². The summed E-state index contributed by atoms with van der Waals surface area (Å²) in [6.07, 6.45) is 4.57. The Hall–Kier alpha value is -4.04. The molecule has 8 heteroatoms. The topological polar surface area (TPSA) is 91.8 Å².